The molecule has 88 valence electrons. The molecule has 0 radical (unpaired) electrons. The first-order valence-electron chi connectivity index (χ1n) is 4.96. The lowest BCUT2D eigenvalue weighted by atomic mass is 10.3. The van der Waals surface area contributed by atoms with Crippen molar-refractivity contribution in [3.8, 4) is 5.75 Å². The van der Waals surface area contributed by atoms with E-state index in [-0.39, 0.29) is 5.69 Å². The molecular weight excluding hydrogens is 222 g/mol. The quantitative estimate of drug-likeness (QED) is 0.855. The molecule has 0 saturated carbocycles. The average Bonchev–Trinajstić information content (AvgIpc) is 2.73. The van der Waals surface area contributed by atoms with E-state index in [9.17, 15) is 4.79 Å². The maximum Gasteiger partial charge on any atom is 0.354 e. The minimum Gasteiger partial charge on any atom is -0.486 e. The number of aromatic carboxylic acids is 1. The SMILES string of the molecule is Cn1ccc(COc2ccc(C(=O)O)nc2)n1. The summed E-state index contributed by atoms with van der Waals surface area (Å²) in [7, 11) is 1.83. The maximum absolute atomic E-state index is 10.6. The van der Waals surface area contributed by atoms with Crippen molar-refractivity contribution in [3.05, 3.63) is 42.0 Å². The molecule has 0 atom stereocenters. The molecule has 2 aromatic rings. The van der Waals surface area contributed by atoms with Crippen molar-refractivity contribution in [2.45, 2.75) is 6.61 Å². The number of carbonyl (C=O) groups is 1. The minimum atomic E-state index is -1.05. The molecular formula is C11H11N3O3. The van der Waals surface area contributed by atoms with Crippen molar-refractivity contribution in [2.75, 3.05) is 0 Å². The predicted molar refractivity (Wildman–Crippen MR) is 58.7 cm³/mol. The van der Waals surface area contributed by atoms with E-state index in [2.05, 4.69) is 10.1 Å². The van der Waals surface area contributed by atoms with Crippen LogP contribution in [-0.2, 0) is 13.7 Å². The predicted octanol–water partition coefficient (Wildman–Crippen LogP) is 1.09. The summed E-state index contributed by atoms with van der Waals surface area (Å²) in [4.78, 5) is 14.3. The molecule has 2 heterocycles. The summed E-state index contributed by atoms with van der Waals surface area (Å²) in [5.74, 6) is -0.540. The number of ether oxygens (including phenoxy) is 1. The Balaban J connectivity index is 1.97. The zero-order valence-corrected chi connectivity index (χ0v) is 9.20. The van der Waals surface area contributed by atoms with Gasteiger partial charge >= 0.3 is 5.97 Å². The largest absolute Gasteiger partial charge is 0.486 e. The molecule has 0 aromatic carbocycles. The van der Waals surface area contributed by atoms with Gasteiger partial charge in [-0.1, -0.05) is 0 Å². The van der Waals surface area contributed by atoms with Crippen LogP contribution in [-0.4, -0.2) is 25.8 Å². The van der Waals surface area contributed by atoms with E-state index in [1.807, 2.05) is 19.3 Å². The third-order valence-corrected chi connectivity index (χ3v) is 2.11. The van der Waals surface area contributed by atoms with Crippen molar-refractivity contribution in [2.24, 2.45) is 7.05 Å². The lowest BCUT2D eigenvalue weighted by molar-refractivity contribution is 0.0690. The van der Waals surface area contributed by atoms with Crippen LogP contribution in [0.2, 0.25) is 0 Å². The number of pyridine rings is 1. The molecule has 0 saturated heterocycles. The molecule has 2 aromatic heterocycles. The summed E-state index contributed by atoms with van der Waals surface area (Å²) in [6.07, 6.45) is 3.21. The highest BCUT2D eigenvalue weighted by Gasteiger charge is 2.04. The van der Waals surface area contributed by atoms with Crippen molar-refractivity contribution < 1.29 is 14.6 Å². The average molecular weight is 233 g/mol. The number of carboxylic acids is 1. The first-order valence-corrected chi connectivity index (χ1v) is 4.96. The fourth-order valence-corrected chi connectivity index (χ4v) is 1.29. The highest BCUT2D eigenvalue weighted by atomic mass is 16.5. The van der Waals surface area contributed by atoms with Gasteiger partial charge < -0.3 is 9.84 Å². The molecule has 0 fully saturated rings. The fraction of sp³-hybridized carbons (Fsp3) is 0.182. The lowest BCUT2D eigenvalue weighted by Crippen LogP contribution is -2.01. The zero-order chi connectivity index (χ0) is 12.3. The van der Waals surface area contributed by atoms with Crippen LogP contribution in [0.25, 0.3) is 0 Å². The summed E-state index contributed by atoms with van der Waals surface area (Å²) in [6, 6.07) is 4.81. The second kappa shape index (κ2) is 4.65. The minimum absolute atomic E-state index is 0.00446. The van der Waals surface area contributed by atoms with Crippen LogP contribution >= 0.6 is 0 Å². The Bertz CT molecular complexity index is 519. The highest BCUT2D eigenvalue weighted by Crippen LogP contribution is 2.11. The zero-order valence-electron chi connectivity index (χ0n) is 9.20. The molecule has 17 heavy (non-hydrogen) atoms. The van der Waals surface area contributed by atoms with Gasteiger partial charge in [-0.3, -0.25) is 4.68 Å². The van der Waals surface area contributed by atoms with Crippen LogP contribution in [0.4, 0.5) is 0 Å². The van der Waals surface area contributed by atoms with Crippen LogP contribution in [0.3, 0.4) is 0 Å². The molecule has 1 N–H and O–H groups in total. The Labute approximate surface area is 97.5 Å². The van der Waals surface area contributed by atoms with E-state index < -0.39 is 5.97 Å². The topological polar surface area (TPSA) is 77.2 Å². The summed E-state index contributed by atoms with van der Waals surface area (Å²) >= 11 is 0. The van der Waals surface area contributed by atoms with E-state index in [0.717, 1.165) is 5.69 Å². The molecule has 0 aliphatic rings. The monoisotopic (exact) mass is 233 g/mol. The van der Waals surface area contributed by atoms with Gasteiger partial charge in [-0.05, 0) is 18.2 Å². The van der Waals surface area contributed by atoms with E-state index in [4.69, 9.17) is 9.84 Å². The Kier molecular flexibility index (Phi) is 3.04. The van der Waals surface area contributed by atoms with Crippen molar-refractivity contribution >= 4 is 5.97 Å². The number of aromatic nitrogens is 3. The Morgan fingerprint density at radius 2 is 2.29 bits per heavy atom. The molecule has 2 rings (SSSR count). The number of carboxylic acid groups (broad SMARTS) is 1. The van der Waals surface area contributed by atoms with Crippen LogP contribution in [0.5, 0.6) is 5.75 Å². The third kappa shape index (κ3) is 2.81. The molecule has 0 amide bonds. The first-order chi connectivity index (χ1) is 8.15. The van der Waals surface area contributed by atoms with Crippen molar-refractivity contribution in [1.29, 1.82) is 0 Å². The van der Waals surface area contributed by atoms with Gasteiger partial charge in [0.2, 0.25) is 0 Å². The third-order valence-electron chi connectivity index (χ3n) is 2.11. The number of aryl methyl sites for hydroxylation is 1. The first kappa shape index (κ1) is 11.1. The number of hydrogen-bond donors (Lipinski definition) is 1. The van der Waals surface area contributed by atoms with E-state index in [1.54, 1.807) is 10.7 Å². The highest BCUT2D eigenvalue weighted by molar-refractivity contribution is 5.85. The fourth-order valence-electron chi connectivity index (χ4n) is 1.29. The molecule has 0 spiro atoms. The number of rotatable bonds is 4. The van der Waals surface area contributed by atoms with Gasteiger partial charge in [0.15, 0.2) is 0 Å². The molecule has 0 unspecified atom stereocenters. The summed E-state index contributed by atoms with van der Waals surface area (Å²) < 4.78 is 7.09. The van der Waals surface area contributed by atoms with E-state index in [1.165, 1.54) is 12.3 Å². The van der Waals surface area contributed by atoms with Gasteiger partial charge in [0.1, 0.15) is 18.1 Å². The molecule has 0 aliphatic heterocycles. The number of nitrogens with zero attached hydrogens (tertiary/aromatic N) is 3. The van der Waals surface area contributed by atoms with Crippen molar-refractivity contribution in [3.63, 3.8) is 0 Å². The van der Waals surface area contributed by atoms with Gasteiger partial charge in [-0.15, -0.1) is 0 Å². The molecule has 0 aliphatic carbocycles. The van der Waals surface area contributed by atoms with E-state index >= 15 is 0 Å². The van der Waals surface area contributed by atoms with Crippen LogP contribution in [0, 0.1) is 0 Å². The van der Waals surface area contributed by atoms with Gasteiger partial charge in [-0.2, -0.15) is 5.10 Å². The van der Waals surface area contributed by atoms with Crippen LogP contribution < -0.4 is 4.74 Å². The summed E-state index contributed by atoms with van der Waals surface area (Å²) in [5, 5.41) is 12.8. The second-order valence-electron chi connectivity index (χ2n) is 3.45. The summed E-state index contributed by atoms with van der Waals surface area (Å²) in [5.41, 5.74) is 0.796. The van der Waals surface area contributed by atoms with Gasteiger partial charge in [0, 0.05) is 13.2 Å². The molecule has 0 bridgehead atoms. The van der Waals surface area contributed by atoms with Crippen LogP contribution in [0.15, 0.2) is 30.6 Å². The number of hydrogen-bond acceptors (Lipinski definition) is 4. The Morgan fingerprint density at radius 3 is 2.82 bits per heavy atom. The Morgan fingerprint density at radius 1 is 1.47 bits per heavy atom. The molecule has 6 nitrogen and oxygen atoms in total. The summed E-state index contributed by atoms with van der Waals surface area (Å²) in [6.45, 7) is 0.328. The lowest BCUT2D eigenvalue weighted by Gasteiger charge is -2.03. The second-order valence-corrected chi connectivity index (χ2v) is 3.45. The standard InChI is InChI=1S/C11H11N3O3/c1-14-5-4-8(13-14)7-17-9-2-3-10(11(15)16)12-6-9/h2-6H,7H2,1H3,(H,15,16). The Hall–Kier alpha value is -2.37. The smallest absolute Gasteiger partial charge is 0.354 e. The normalized spacial score (nSPS) is 10.2. The van der Waals surface area contributed by atoms with Gasteiger partial charge in [0.05, 0.1) is 11.9 Å². The van der Waals surface area contributed by atoms with Crippen molar-refractivity contribution in [1.82, 2.24) is 14.8 Å². The van der Waals surface area contributed by atoms with Gasteiger partial charge in [-0.25, -0.2) is 9.78 Å². The van der Waals surface area contributed by atoms with E-state index in [0.29, 0.717) is 12.4 Å². The van der Waals surface area contributed by atoms with Crippen LogP contribution in [0.1, 0.15) is 16.2 Å². The maximum atomic E-state index is 10.6. The molecule has 6 heteroatoms. The van der Waals surface area contributed by atoms with Gasteiger partial charge in [0.25, 0.3) is 0 Å².